The summed E-state index contributed by atoms with van der Waals surface area (Å²) in [5, 5.41) is 8.91. The van der Waals surface area contributed by atoms with E-state index in [4.69, 9.17) is 10.00 Å². The summed E-state index contributed by atoms with van der Waals surface area (Å²) in [6.07, 6.45) is 5.30. The zero-order valence-electron chi connectivity index (χ0n) is 10.8. The van der Waals surface area contributed by atoms with Crippen LogP contribution in [-0.2, 0) is 9.53 Å². The molecular weight excluding hydrogens is 216 g/mol. The summed E-state index contributed by atoms with van der Waals surface area (Å²) in [5.74, 6) is -0.183. The quantitative estimate of drug-likeness (QED) is 0.525. The third-order valence-electron chi connectivity index (χ3n) is 3.39. The highest BCUT2D eigenvalue weighted by molar-refractivity contribution is 5.75. The molecule has 0 bridgehead atoms. The number of hydrogen-bond acceptors (Lipinski definition) is 4. The summed E-state index contributed by atoms with van der Waals surface area (Å²) >= 11 is 0. The van der Waals surface area contributed by atoms with Crippen LogP contribution in [0.15, 0.2) is 0 Å². The first kappa shape index (κ1) is 14.0. The molecule has 0 radical (unpaired) electrons. The predicted molar refractivity (Wildman–Crippen MR) is 65.3 cm³/mol. The fourth-order valence-electron chi connectivity index (χ4n) is 2.59. The number of nitrogens with zero attached hydrogens (tertiary/aromatic N) is 2. The van der Waals surface area contributed by atoms with Gasteiger partial charge in [0.2, 0.25) is 0 Å². The highest BCUT2D eigenvalue weighted by Crippen LogP contribution is 2.26. The molecule has 1 atom stereocenters. The predicted octanol–water partition coefficient (Wildman–Crippen LogP) is 2.10. The summed E-state index contributed by atoms with van der Waals surface area (Å²) in [4.78, 5) is 13.9. The smallest absolute Gasteiger partial charge is 0.323 e. The van der Waals surface area contributed by atoms with Gasteiger partial charge in [0.05, 0.1) is 19.2 Å². The van der Waals surface area contributed by atoms with Crippen LogP contribution in [0.25, 0.3) is 0 Å². The van der Waals surface area contributed by atoms with Gasteiger partial charge in [-0.05, 0) is 26.2 Å². The molecule has 1 fully saturated rings. The number of carbonyl (C=O) groups is 1. The van der Waals surface area contributed by atoms with Crippen LogP contribution in [0.2, 0.25) is 0 Å². The Morgan fingerprint density at radius 2 is 2.12 bits per heavy atom. The summed E-state index contributed by atoms with van der Waals surface area (Å²) in [7, 11) is 0. The lowest BCUT2D eigenvalue weighted by atomic mass is 10.1. The van der Waals surface area contributed by atoms with Crippen LogP contribution < -0.4 is 0 Å². The van der Waals surface area contributed by atoms with Crippen molar-refractivity contribution in [2.45, 2.75) is 58.0 Å². The number of hydrogen-bond donors (Lipinski definition) is 0. The van der Waals surface area contributed by atoms with Gasteiger partial charge in [0, 0.05) is 6.04 Å². The first-order valence-corrected chi connectivity index (χ1v) is 6.53. The van der Waals surface area contributed by atoms with E-state index in [0.717, 1.165) is 12.8 Å². The fraction of sp³-hybridized carbons (Fsp3) is 0.846. The van der Waals surface area contributed by atoms with Gasteiger partial charge in [-0.15, -0.1) is 0 Å². The molecule has 0 aliphatic heterocycles. The van der Waals surface area contributed by atoms with Gasteiger partial charge in [-0.25, -0.2) is 0 Å². The topological polar surface area (TPSA) is 53.3 Å². The highest BCUT2D eigenvalue weighted by Gasteiger charge is 2.32. The van der Waals surface area contributed by atoms with Crippen molar-refractivity contribution in [1.82, 2.24) is 4.90 Å². The molecule has 1 saturated carbocycles. The maximum absolute atomic E-state index is 11.9. The molecule has 1 aliphatic carbocycles. The van der Waals surface area contributed by atoms with E-state index in [1.165, 1.54) is 12.8 Å². The van der Waals surface area contributed by atoms with Crippen molar-refractivity contribution in [2.75, 3.05) is 13.2 Å². The minimum atomic E-state index is -0.252. The number of rotatable bonds is 6. The van der Waals surface area contributed by atoms with Crippen molar-refractivity contribution in [3.05, 3.63) is 0 Å². The van der Waals surface area contributed by atoms with Crippen LogP contribution >= 0.6 is 0 Å². The van der Waals surface area contributed by atoms with Crippen molar-refractivity contribution < 1.29 is 9.53 Å². The average Bonchev–Trinajstić information content (AvgIpc) is 2.82. The Morgan fingerprint density at radius 3 is 2.59 bits per heavy atom. The molecule has 1 aliphatic rings. The second-order valence-corrected chi connectivity index (χ2v) is 4.44. The molecule has 0 aromatic rings. The van der Waals surface area contributed by atoms with Gasteiger partial charge in [-0.1, -0.05) is 19.8 Å². The van der Waals surface area contributed by atoms with Gasteiger partial charge in [0.25, 0.3) is 0 Å². The van der Waals surface area contributed by atoms with Gasteiger partial charge < -0.3 is 4.74 Å². The van der Waals surface area contributed by atoms with E-state index >= 15 is 0 Å². The molecule has 4 heteroatoms. The Morgan fingerprint density at radius 1 is 1.47 bits per heavy atom. The zero-order chi connectivity index (χ0) is 12.7. The Kier molecular flexibility index (Phi) is 5.99. The zero-order valence-corrected chi connectivity index (χ0v) is 10.8. The molecule has 0 aromatic heterocycles. The first-order chi connectivity index (χ1) is 8.24. The van der Waals surface area contributed by atoms with E-state index in [-0.39, 0.29) is 12.0 Å². The summed E-state index contributed by atoms with van der Waals surface area (Å²) in [6.45, 7) is 4.51. The van der Waals surface area contributed by atoms with Crippen LogP contribution in [0.3, 0.4) is 0 Å². The lowest BCUT2D eigenvalue weighted by Gasteiger charge is -2.32. The molecule has 0 spiro atoms. The van der Waals surface area contributed by atoms with E-state index in [9.17, 15) is 4.79 Å². The third-order valence-corrected chi connectivity index (χ3v) is 3.39. The molecular formula is C13H22N2O2. The van der Waals surface area contributed by atoms with Crippen molar-refractivity contribution in [3.8, 4) is 6.07 Å². The minimum Gasteiger partial charge on any atom is -0.465 e. The van der Waals surface area contributed by atoms with Crippen LogP contribution in [0, 0.1) is 11.3 Å². The number of nitriles is 1. The molecule has 1 rings (SSSR count). The van der Waals surface area contributed by atoms with Gasteiger partial charge in [0.15, 0.2) is 0 Å². The van der Waals surface area contributed by atoms with Crippen LogP contribution in [0.1, 0.15) is 46.0 Å². The monoisotopic (exact) mass is 238 g/mol. The second-order valence-electron chi connectivity index (χ2n) is 4.44. The lowest BCUT2D eigenvalue weighted by molar-refractivity contribution is -0.150. The summed E-state index contributed by atoms with van der Waals surface area (Å²) in [5.41, 5.74) is 0. The van der Waals surface area contributed by atoms with Crippen LogP contribution in [0.5, 0.6) is 0 Å². The number of carbonyl (C=O) groups excluding carboxylic acids is 1. The maximum atomic E-state index is 11.9. The molecule has 0 N–H and O–H groups in total. The van der Waals surface area contributed by atoms with E-state index in [2.05, 4.69) is 6.07 Å². The lowest BCUT2D eigenvalue weighted by Crippen LogP contribution is -2.47. The molecule has 0 saturated heterocycles. The Balaban J connectivity index is 2.71. The van der Waals surface area contributed by atoms with Crippen molar-refractivity contribution in [2.24, 2.45) is 0 Å². The van der Waals surface area contributed by atoms with Gasteiger partial charge in [-0.2, -0.15) is 5.26 Å². The van der Waals surface area contributed by atoms with Crippen molar-refractivity contribution in [3.63, 3.8) is 0 Å². The molecule has 96 valence electrons. The third kappa shape index (κ3) is 3.71. The second kappa shape index (κ2) is 7.29. The van der Waals surface area contributed by atoms with E-state index in [1.807, 2.05) is 18.7 Å². The molecule has 0 heterocycles. The Hall–Kier alpha value is -1.08. The average molecular weight is 238 g/mol. The molecule has 0 amide bonds. The normalized spacial score (nSPS) is 18.0. The van der Waals surface area contributed by atoms with Crippen LogP contribution in [-0.4, -0.2) is 36.1 Å². The highest BCUT2D eigenvalue weighted by atomic mass is 16.5. The van der Waals surface area contributed by atoms with Crippen molar-refractivity contribution in [1.29, 1.82) is 5.26 Å². The fourth-order valence-corrected chi connectivity index (χ4v) is 2.59. The molecule has 17 heavy (non-hydrogen) atoms. The number of esters is 1. The van der Waals surface area contributed by atoms with Gasteiger partial charge >= 0.3 is 5.97 Å². The van der Waals surface area contributed by atoms with Crippen LogP contribution in [0.4, 0.5) is 0 Å². The largest absolute Gasteiger partial charge is 0.465 e. The standard InChI is InChI=1S/C13H22N2O2/c1-3-12(13(16)17-4-2)15(10-9-14)11-7-5-6-8-11/h11-12H,3-8,10H2,1-2H3. The van der Waals surface area contributed by atoms with Crippen molar-refractivity contribution >= 4 is 5.97 Å². The molecule has 4 nitrogen and oxygen atoms in total. The SMILES string of the molecule is CCOC(=O)C(CC)N(CC#N)C1CCCC1. The molecule has 0 aromatic carbocycles. The Bertz CT molecular complexity index is 280. The Labute approximate surface area is 104 Å². The van der Waals surface area contributed by atoms with E-state index in [1.54, 1.807) is 0 Å². The van der Waals surface area contributed by atoms with Gasteiger partial charge in [-0.3, -0.25) is 9.69 Å². The number of ether oxygens (including phenoxy) is 1. The maximum Gasteiger partial charge on any atom is 0.323 e. The molecule has 1 unspecified atom stereocenters. The minimum absolute atomic E-state index is 0.183. The van der Waals surface area contributed by atoms with E-state index < -0.39 is 0 Å². The van der Waals surface area contributed by atoms with E-state index in [0.29, 0.717) is 25.6 Å². The summed E-state index contributed by atoms with van der Waals surface area (Å²) in [6, 6.07) is 2.30. The first-order valence-electron chi connectivity index (χ1n) is 6.53. The summed E-state index contributed by atoms with van der Waals surface area (Å²) < 4.78 is 5.09. The van der Waals surface area contributed by atoms with Gasteiger partial charge in [0.1, 0.15) is 6.04 Å².